The zero-order chi connectivity index (χ0) is 14.4. The van der Waals surface area contributed by atoms with Gasteiger partial charge in [-0.15, -0.1) is 24.0 Å². The minimum Gasteiger partial charge on any atom is -0.373 e. The van der Waals surface area contributed by atoms with Crippen molar-refractivity contribution in [2.24, 2.45) is 16.8 Å². The number of nitrogens with one attached hydrogen (secondary N) is 2. The van der Waals surface area contributed by atoms with Gasteiger partial charge in [0.05, 0.1) is 5.60 Å². The second kappa shape index (κ2) is 9.18. The van der Waals surface area contributed by atoms with Crippen molar-refractivity contribution in [1.29, 1.82) is 0 Å². The largest absolute Gasteiger partial charge is 0.373 e. The third-order valence-electron chi connectivity index (χ3n) is 4.85. The first-order valence-electron chi connectivity index (χ1n) is 8.20. The van der Waals surface area contributed by atoms with Gasteiger partial charge in [0.15, 0.2) is 5.96 Å². The van der Waals surface area contributed by atoms with Gasteiger partial charge in [-0.3, -0.25) is 4.99 Å². The van der Waals surface area contributed by atoms with E-state index < -0.39 is 0 Å². The molecule has 2 fully saturated rings. The molecule has 1 saturated heterocycles. The van der Waals surface area contributed by atoms with Crippen molar-refractivity contribution in [1.82, 2.24) is 10.6 Å². The molecule has 1 unspecified atom stereocenters. The summed E-state index contributed by atoms with van der Waals surface area (Å²) < 4.78 is 5.80. The average Bonchev–Trinajstić information content (AvgIpc) is 2.88. The van der Waals surface area contributed by atoms with Crippen molar-refractivity contribution in [3.05, 3.63) is 0 Å². The minimum atomic E-state index is -0.0160. The number of hydrogen-bond donors (Lipinski definition) is 2. The Bertz CT molecular complexity index is 321. The van der Waals surface area contributed by atoms with Gasteiger partial charge in [0.1, 0.15) is 0 Å². The van der Waals surface area contributed by atoms with E-state index in [-0.39, 0.29) is 29.6 Å². The van der Waals surface area contributed by atoms with E-state index in [4.69, 9.17) is 4.74 Å². The lowest BCUT2D eigenvalue weighted by Gasteiger charge is -2.28. The lowest BCUT2D eigenvalue weighted by Crippen LogP contribution is -2.46. The van der Waals surface area contributed by atoms with Gasteiger partial charge in [-0.25, -0.2) is 0 Å². The maximum atomic E-state index is 5.80. The molecule has 2 rings (SSSR count). The first kappa shape index (κ1) is 19.0. The maximum absolute atomic E-state index is 5.80. The Labute approximate surface area is 146 Å². The highest BCUT2D eigenvalue weighted by Gasteiger charge is 2.29. The molecule has 0 bridgehead atoms. The van der Waals surface area contributed by atoms with Crippen molar-refractivity contribution in [3.8, 4) is 0 Å². The Hall–Kier alpha value is -0.0400. The molecule has 2 aliphatic rings. The fourth-order valence-electron chi connectivity index (χ4n) is 3.24. The summed E-state index contributed by atoms with van der Waals surface area (Å²) in [4.78, 5) is 4.32. The van der Waals surface area contributed by atoms with Gasteiger partial charge in [0.25, 0.3) is 0 Å². The van der Waals surface area contributed by atoms with Crippen molar-refractivity contribution >= 4 is 29.9 Å². The molecule has 1 heterocycles. The summed E-state index contributed by atoms with van der Waals surface area (Å²) in [6.45, 7) is 7.33. The maximum Gasteiger partial charge on any atom is 0.191 e. The van der Waals surface area contributed by atoms with Crippen LogP contribution < -0.4 is 10.6 Å². The molecule has 2 N–H and O–H groups in total. The first-order valence-corrected chi connectivity index (χ1v) is 8.20. The molecule has 5 heteroatoms. The summed E-state index contributed by atoms with van der Waals surface area (Å²) in [5.74, 6) is 2.64. The van der Waals surface area contributed by atoms with Crippen LogP contribution in [0.1, 0.15) is 52.4 Å². The summed E-state index contributed by atoms with van der Waals surface area (Å²) in [5, 5.41) is 6.89. The Kier molecular flexibility index (Phi) is 8.31. The number of aliphatic imine (C=N–C) groups is 1. The van der Waals surface area contributed by atoms with Gasteiger partial charge < -0.3 is 15.4 Å². The SMILES string of the molecule is CN=C(NCC1CCC(C)CC1)NCC1(C)CCCO1.I. The van der Waals surface area contributed by atoms with E-state index in [1.165, 1.54) is 32.1 Å². The highest BCUT2D eigenvalue weighted by atomic mass is 127. The molecule has 0 aromatic heterocycles. The minimum absolute atomic E-state index is 0. The average molecular weight is 409 g/mol. The van der Waals surface area contributed by atoms with Crippen molar-refractivity contribution in [3.63, 3.8) is 0 Å². The topological polar surface area (TPSA) is 45.7 Å². The molecule has 124 valence electrons. The number of guanidine groups is 1. The molecule has 0 spiro atoms. The molecular weight excluding hydrogens is 377 g/mol. The highest BCUT2D eigenvalue weighted by molar-refractivity contribution is 14.0. The van der Waals surface area contributed by atoms with Gasteiger partial charge in [-0.1, -0.05) is 19.8 Å². The van der Waals surface area contributed by atoms with Crippen LogP contribution in [-0.2, 0) is 4.74 Å². The Morgan fingerprint density at radius 3 is 2.52 bits per heavy atom. The van der Waals surface area contributed by atoms with E-state index >= 15 is 0 Å². The summed E-state index contributed by atoms with van der Waals surface area (Å²) in [5.41, 5.74) is -0.0160. The van der Waals surface area contributed by atoms with Gasteiger partial charge >= 0.3 is 0 Å². The molecular formula is C16H32IN3O. The number of halogens is 1. The van der Waals surface area contributed by atoms with E-state index in [0.29, 0.717) is 0 Å². The number of nitrogens with zero attached hydrogens (tertiary/aromatic N) is 1. The monoisotopic (exact) mass is 409 g/mol. The van der Waals surface area contributed by atoms with Crippen LogP contribution in [0.25, 0.3) is 0 Å². The van der Waals surface area contributed by atoms with Crippen LogP contribution in [0.5, 0.6) is 0 Å². The van der Waals surface area contributed by atoms with E-state index in [0.717, 1.165) is 43.9 Å². The normalized spacial score (nSPS) is 33.4. The quantitative estimate of drug-likeness (QED) is 0.426. The number of ether oxygens (including phenoxy) is 1. The first-order chi connectivity index (χ1) is 9.61. The molecule has 1 aliphatic carbocycles. The predicted octanol–water partition coefficient (Wildman–Crippen LogP) is 3.16. The van der Waals surface area contributed by atoms with E-state index in [1.807, 2.05) is 7.05 Å². The number of hydrogen-bond acceptors (Lipinski definition) is 2. The van der Waals surface area contributed by atoms with Gasteiger partial charge in [0.2, 0.25) is 0 Å². The van der Waals surface area contributed by atoms with Crippen LogP contribution in [-0.4, -0.2) is 38.3 Å². The zero-order valence-corrected chi connectivity index (χ0v) is 16.1. The molecule has 0 radical (unpaired) electrons. The lowest BCUT2D eigenvalue weighted by atomic mass is 9.83. The van der Waals surface area contributed by atoms with E-state index in [1.54, 1.807) is 0 Å². The fraction of sp³-hybridized carbons (Fsp3) is 0.938. The zero-order valence-electron chi connectivity index (χ0n) is 13.8. The third-order valence-corrected chi connectivity index (χ3v) is 4.85. The van der Waals surface area contributed by atoms with Crippen LogP contribution in [0.2, 0.25) is 0 Å². The fourth-order valence-corrected chi connectivity index (χ4v) is 3.24. The van der Waals surface area contributed by atoms with Gasteiger partial charge in [-0.2, -0.15) is 0 Å². The van der Waals surface area contributed by atoms with Gasteiger partial charge in [0, 0.05) is 26.7 Å². The van der Waals surface area contributed by atoms with Gasteiger partial charge in [-0.05, 0) is 44.4 Å². The van der Waals surface area contributed by atoms with Crippen LogP contribution in [0.15, 0.2) is 4.99 Å². The lowest BCUT2D eigenvalue weighted by molar-refractivity contribution is 0.0242. The van der Waals surface area contributed by atoms with Crippen molar-refractivity contribution in [2.45, 2.75) is 58.0 Å². The molecule has 0 aromatic rings. The van der Waals surface area contributed by atoms with E-state index in [2.05, 4.69) is 29.5 Å². The molecule has 1 atom stereocenters. The summed E-state index contributed by atoms with van der Waals surface area (Å²) in [6, 6.07) is 0. The van der Waals surface area contributed by atoms with Crippen LogP contribution >= 0.6 is 24.0 Å². The van der Waals surface area contributed by atoms with Crippen LogP contribution in [0.4, 0.5) is 0 Å². The molecule has 1 saturated carbocycles. The smallest absolute Gasteiger partial charge is 0.191 e. The third kappa shape index (κ3) is 6.30. The molecule has 21 heavy (non-hydrogen) atoms. The summed E-state index contributed by atoms with van der Waals surface area (Å²) in [7, 11) is 1.84. The second-order valence-corrected chi connectivity index (χ2v) is 6.83. The second-order valence-electron chi connectivity index (χ2n) is 6.83. The highest BCUT2D eigenvalue weighted by Crippen LogP contribution is 2.27. The number of rotatable bonds is 4. The molecule has 1 aliphatic heterocycles. The predicted molar refractivity (Wildman–Crippen MR) is 99.5 cm³/mol. The molecule has 0 aromatic carbocycles. The summed E-state index contributed by atoms with van der Waals surface area (Å²) in [6.07, 6.45) is 7.77. The molecule has 4 nitrogen and oxygen atoms in total. The standard InChI is InChI=1S/C16H31N3O.HI/c1-13-5-7-14(8-6-13)11-18-15(17-3)19-12-16(2)9-4-10-20-16;/h13-14H,4-12H2,1-3H3,(H2,17,18,19);1H. The Balaban J connectivity index is 0.00000220. The van der Waals surface area contributed by atoms with Crippen LogP contribution in [0, 0.1) is 11.8 Å². The Morgan fingerprint density at radius 1 is 1.24 bits per heavy atom. The molecule has 0 amide bonds. The Morgan fingerprint density at radius 2 is 1.95 bits per heavy atom. The van der Waals surface area contributed by atoms with E-state index in [9.17, 15) is 0 Å². The van der Waals surface area contributed by atoms with Crippen LogP contribution in [0.3, 0.4) is 0 Å². The summed E-state index contributed by atoms with van der Waals surface area (Å²) >= 11 is 0. The van der Waals surface area contributed by atoms with Crippen molar-refractivity contribution in [2.75, 3.05) is 26.7 Å². The van der Waals surface area contributed by atoms with Crippen molar-refractivity contribution < 1.29 is 4.74 Å².